The van der Waals surface area contributed by atoms with Gasteiger partial charge in [-0.2, -0.15) is 0 Å². The number of carbonyl (C=O) groups excluding carboxylic acids is 2. The molecule has 0 fully saturated rings. The van der Waals surface area contributed by atoms with Crippen LogP contribution in [0, 0.1) is 0 Å². The second-order valence-electron chi connectivity index (χ2n) is 13.4. The van der Waals surface area contributed by atoms with E-state index in [0.717, 1.165) is 89.9 Å². The number of carbonyl (C=O) groups is 2. The van der Waals surface area contributed by atoms with Crippen molar-refractivity contribution in [2.45, 2.75) is 161 Å². The van der Waals surface area contributed by atoms with E-state index in [-0.39, 0.29) is 26.1 Å². The number of unbranched alkanes of at least 4 members (excludes halogenated alkanes) is 12. The van der Waals surface area contributed by atoms with Crippen molar-refractivity contribution in [2.24, 2.45) is 0 Å². The number of phosphoric acid groups is 1. The molecule has 0 aliphatic heterocycles. The first kappa shape index (κ1) is 51.5. The second kappa shape index (κ2) is 40.1. The van der Waals surface area contributed by atoms with Crippen LogP contribution < -0.4 is 5.32 Å². The van der Waals surface area contributed by atoms with Crippen molar-refractivity contribution in [1.82, 2.24) is 5.32 Å². The zero-order valence-electron chi connectivity index (χ0n) is 34.1. The fourth-order valence-corrected chi connectivity index (χ4v) is 5.91. The lowest BCUT2D eigenvalue weighted by Gasteiger charge is -2.20. The third-order valence-electron chi connectivity index (χ3n) is 8.31. The molecule has 310 valence electrons. The first-order valence-electron chi connectivity index (χ1n) is 20.9. The molecule has 0 radical (unpaired) electrons. The van der Waals surface area contributed by atoms with E-state index in [1.807, 2.05) is 0 Å². The van der Waals surface area contributed by atoms with Gasteiger partial charge in [-0.3, -0.25) is 18.6 Å². The molecule has 2 atom stereocenters. The lowest BCUT2D eigenvalue weighted by molar-refractivity contribution is -0.161. The van der Waals surface area contributed by atoms with Crippen LogP contribution in [0.5, 0.6) is 0 Å². The molecule has 0 aliphatic rings. The summed E-state index contributed by atoms with van der Waals surface area (Å²) >= 11 is 0. The number of rotatable bonds is 38. The standard InChI is InChI=1S/C44H76NO8P/c1-4-6-8-10-12-14-16-18-20-21-23-24-26-28-30-32-34-36-43(46)50-40-42(41-52-54(48,49)51-39-38-45-3)53-44(47)37-35-33-31-29-27-25-22-19-17-15-13-11-9-7-5-2/h7,9,12-15,18-20,22-24,42,45H,4-6,8,10-11,16-17,21,25-41H2,1-3H3,(H,48,49)/b9-7-,14-12-,15-13-,20-18-,22-19-,24-23-. The monoisotopic (exact) mass is 778 g/mol. The predicted molar refractivity (Wildman–Crippen MR) is 224 cm³/mol. The smallest absolute Gasteiger partial charge is 0.462 e. The molecule has 0 aliphatic carbocycles. The van der Waals surface area contributed by atoms with Gasteiger partial charge in [0.25, 0.3) is 0 Å². The number of hydrogen-bond donors (Lipinski definition) is 2. The molecule has 0 rings (SSSR count). The normalized spacial score (nSPS) is 14.1. The molecule has 0 bridgehead atoms. The highest BCUT2D eigenvalue weighted by molar-refractivity contribution is 7.47. The summed E-state index contributed by atoms with van der Waals surface area (Å²) < 4.78 is 33.1. The molecule has 0 aromatic carbocycles. The minimum Gasteiger partial charge on any atom is -0.462 e. The Morgan fingerprint density at radius 1 is 0.593 bits per heavy atom. The van der Waals surface area contributed by atoms with Crippen LogP contribution in [-0.2, 0) is 32.7 Å². The van der Waals surface area contributed by atoms with Crippen molar-refractivity contribution in [3.8, 4) is 0 Å². The molecule has 0 amide bonds. The fourth-order valence-electron chi connectivity index (χ4n) is 5.16. The van der Waals surface area contributed by atoms with Crippen LogP contribution in [-0.4, -0.2) is 56.3 Å². The van der Waals surface area contributed by atoms with Gasteiger partial charge in [0.2, 0.25) is 0 Å². The summed E-state index contributed by atoms with van der Waals surface area (Å²) in [7, 11) is -2.67. The lowest BCUT2D eigenvalue weighted by atomic mass is 10.1. The number of phosphoric ester groups is 1. The highest BCUT2D eigenvalue weighted by atomic mass is 31.2. The van der Waals surface area contributed by atoms with Gasteiger partial charge in [-0.05, 0) is 90.5 Å². The van der Waals surface area contributed by atoms with Crippen LogP contribution in [0.2, 0.25) is 0 Å². The van der Waals surface area contributed by atoms with E-state index in [4.69, 9.17) is 18.5 Å². The lowest BCUT2D eigenvalue weighted by Crippen LogP contribution is -2.29. The third-order valence-corrected chi connectivity index (χ3v) is 9.29. The molecule has 0 spiro atoms. The molecule has 10 heteroatoms. The van der Waals surface area contributed by atoms with E-state index in [1.165, 1.54) is 25.7 Å². The third kappa shape index (κ3) is 39.2. The summed E-state index contributed by atoms with van der Waals surface area (Å²) in [5.41, 5.74) is 0. The van der Waals surface area contributed by atoms with Crippen LogP contribution in [0.15, 0.2) is 72.9 Å². The van der Waals surface area contributed by atoms with Crippen molar-refractivity contribution in [1.29, 1.82) is 0 Å². The Balaban J connectivity index is 4.33. The van der Waals surface area contributed by atoms with Gasteiger partial charge in [0.05, 0.1) is 13.2 Å². The summed E-state index contributed by atoms with van der Waals surface area (Å²) in [6, 6.07) is 0. The van der Waals surface area contributed by atoms with Gasteiger partial charge in [-0.1, -0.05) is 132 Å². The van der Waals surface area contributed by atoms with E-state index in [1.54, 1.807) is 7.05 Å². The Hall–Kier alpha value is -2.55. The number of allylic oxidation sites excluding steroid dienone is 12. The Morgan fingerprint density at radius 3 is 1.57 bits per heavy atom. The van der Waals surface area contributed by atoms with Gasteiger partial charge < -0.3 is 19.7 Å². The number of hydrogen-bond acceptors (Lipinski definition) is 8. The van der Waals surface area contributed by atoms with Crippen molar-refractivity contribution in [2.75, 3.05) is 33.4 Å². The van der Waals surface area contributed by atoms with Gasteiger partial charge in [0.1, 0.15) is 6.61 Å². The Morgan fingerprint density at radius 2 is 1.06 bits per heavy atom. The largest absolute Gasteiger partial charge is 0.472 e. The van der Waals surface area contributed by atoms with Gasteiger partial charge in [-0.25, -0.2) is 4.57 Å². The molecule has 0 saturated heterocycles. The summed E-state index contributed by atoms with van der Waals surface area (Å²) in [6.07, 6.45) is 46.6. The van der Waals surface area contributed by atoms with E-state index >= 15 is 0 Å². The van der Waals surface area contributed by atoms with Crippen molar-refractivity contribution in [3.63, 3.8) is 0 Å². The molecule has 2 N–H and O–H groups in total. The SMILES string of the molecule is CC/C=C\C/C=C\C/C=C\CCCCCCCC(=O)OC(COC(=O)CCCCCC/C=C\C/C=C\C/C=C\CCCCC)COP(=O)(O)OCCNC. The maximum Gasteiger partial charge on any atom is 0.472 e. The highest BCUT2D eigenvalue weighted by Crippen LogP contribution is 2.43. The summed E-state index contributed by atoms with van der Waals surface area (Å²) in [5, 5.41) is 2.81. The first-order chi connectivity index (χ1) is 26.3. The van der Waals surface area contributed by atoms with E-state index in [9.17, 15) is 19.0 Å². The van der Waals surface area contributed by atoms with Crippen LogP contribution in [0.1, 0.15) is 155 Å². The molecule has 0 heterocycles. The maximum atomic E-state index is 12.6. The molecule has 2 unspecified atom stereocenters. The molecular weight excluding hydrogens is 701 g/mol. The quantitative estimate of drug-likeness (QED) is 0.0273. The number of nitrogens with one attached hydrogen (secondary N) is 1. The Bertz CT molecular complexity index is 1110. The average molecular weight is 778 g/mol. The van der Waals surface area contributed by atoms with Gasteiger partial charge in [0.15, 0.2) is 6.10 Å². The van der Waals surface area contributed by atoms with Crippen LogP contribution in [0.3, 0.4) is 0 Å². The summed E-state index contributed by atoms with van der Waals surface area (Å²) in [4.78, 5) is 35.0. The minimum atomic E-state index is -4.36. The van der Waals surface area contributed by atoms with Gasteiger partial charge >= 0.3 is 19.8 Å². The number of likely N-dealkylation sites (N-methyl/N-ethyl adjacent to an activating group) is 1. The zero-order chi connectivity index (χ0) is 39.6. The molecule has 0 aromatic rings. The summed E-state index contributed by atoms with van der Waals surface area (Å²) in [6.45, 7) is 4.02. The van der Waals surface area contributed by atoms with E-state index in [2.05, 4.69) is 92.1 Å². The van der Waals surface area contributed by atoms with Crippen molar-refractivity contribution in [3.05, 3.63) is 72.9 Å². The zero-order valence-corrected chi connectivity index (χ0v) is 35.0. The predicted octanol–water partition coefficient (Wildman–Crippen LogP) is 11.8. The average Bonchev–Trinajstić information content (AvgIpc) is 3.15. The maximum absolute atomic E-state index is 12.6. The van der Waals surface area contributed by atoms with Crippen LogP contribution in [0.25, 0.3) is 0 Å². The van der Waals surface area contributed by atoms with E-state index < -0.39 is 32.5 Å². The Labute approximate surface area is 329 Å². The molecule has 9 nitrogen and oxygen atoms in total. The summed E-state index contributed by atoms with van der Waals surface area (Å²) in [5.74, 6) is -0.859. The molecule has 0 saturated carbocycles. The number of ether oxygens (including phenoxy) is 2. The minimum absolute atomic E-state index is 0.0282. The van der Waals surface area contributed by atoms with Crippen molar-refractivity contribution >= 4 is 19.8 Å². The fraction of sp³-hybridized carbons (Fsp3) is 0.682. The number of esters is 2. The van der Waals surface area contributed by atoms with Gasteiger partial charge in [0, 0.05) is 19.4 Å². The molecular formula is C44H76NO8P. The van der Waals surface area contributed by atoms with Crippen molar-refractivity contribution < 1.29 is 37.6 Å². The Kier molecular flexibility index (Phi) is 38.2. The van der Waals surface area contributed by atoms with Crippen LogP contribution in [0.4, 0.5) is 0 Å². The molecule has 0 aromatic heterocycles. The van der Waals surface area contributed by atoms with Gasteiger partial charge in [-0.15, -0.1) is 0 Å². The van der Waals surface area contributed by atoms with Crippen LogP contribution >= 0.6 is 7.82 Å². The molecule has 54 heavy (non-hydrogen) atoms. The second-order valence-corrected chi connectivity index (χ2v) is 14.9. The first-order valence-corrected chi connectivity index (χ1v) is 22.4. The topological polar surface area (TPSA) is 120 Å². The highest BCUT2D eigenvalue weighted by Gasteiger charge is 2.26. The van der Waals surface area contributed by atoms with E-state index in [0.29, 0.717) is 19.4 Å².